The highest BCUT2D eigenvalue weighted by atomic mass is 32.2. The zero-order chi connectivity index (χ0) is 11.6. The van der Waals surface area contributed by atoms with Crippen molar-refractivity contribution < 1.29 is 13.2 Å². The van der Waals surface area contributed by atoms with E-state index in [0.717, 1.165) is 32.6 Å². The Kier molecular flexibility index (Phi) is 3.87. The first-order chi connectivity index (χ1) is 7.57. The summed E-state index contributed by atoms with van der Waals surface area (Å²) < 4.78 is 27.9. The zero-order valence-electron chi connectivity index (χ0n) is 9.81. The van der Waals surface area contributed by atoms with Crippen LogP contribution in [-0.2, 0) is 14.6 Å². The van der Waals surface area contributed by atoms with Crippen molar-refractivity contribution in [2.45, 2.75) is 25.8 Å². The predicted octanol–water partition coefficient (Wildman–Crippen LogP) is 0.436. The third-order valence-electron chi connectivity index (χ3n) is 3.73. The van der Waals surface area contributed by atoms with Crippen LogP contribution in [0.1, 0.15) is 19.8 Å². The van der Waals surface area contributed by atoms with Crippen LogP contribution in [0.3, 0.4) is 0 Å². The first-order valence-corrected chi connectivity index (χ1v) is 7.90. The summed E-state index contributed by atoms with van der Waals surface area (Å²) in [7, 11) is -2.73. The van der Waals surface area contributed by atoms with E-state index in [2.05, 4.69) is 12.2 Å². The molecule has 3 atom stereocenters. The number of hydrogen-bond donors (Lipinski definition) is 1. The average Bonchev–Trinajstić information content (AvgIpc) is 2.83. The van der Waals surface area contributed by atoms with E-state index in [9.17, 15) is 8.42 Å². The lowest BCUT2D eigenvalue weighted by molar-refractivity contribution is 0.178. The molecule has 0 saturated carbocycles. The second-order valence-corrected chi connectivity index (χ2v) is 7.32. The minimum absolute atomic E-state index is 0.315. The van der Waals surface area contributed by atoms with Gasteiger partial charge in [-0.15, -0.1) is 0 Å². The Hall–Kier alpha value is -0.130. The van der Waals surface area contributed by atoms with Crippen LogP contribution in [0.25, 0.3) is 0 Å². The molecule has 0 radical (unpaired) electrons. The lowest BCUT2D eigenvalue weighted by atomic mass is 10.00. The topological polar surface area (TPSA) is 55.4 Å². The van der Waals surface area contributed by atoms with E-state index in [0.29, 0.717) is 29.4 Å². The van der Waals surface area contributed by atoms with Crippen LogP contribution in [0.5, 0.6) is 0 Å². The molecule has 0 aromatic carbocycles. The number of sulfone groups is 1. The van der Waals surface area contributed by atoms with Gasteiger partial charge in [-0.3, -0.25) is 0 Å². The number of rotatable bonds is 4. The van der Waals surface area contributed by atoms with Gasteiger partial charge in [-0.2, -0.15) is 0 Å². The second kappa shape index (κ2) is 5.02. The molecule has 2 heterocycles. The Bertz CT molecular complexity index is 322. The Morgan fingerprint density at radius 2 is 2.25 bits per heavy atom. The molecule has 0 aromatic heterocycles. The molecule has 3 unspecified atom stereocenters. The minimum Gasteiger partial charge on any atom is -0.381 e. The molecule has 0 aliphatic carbocycles. The maximum absolute atomic E-state index is 11.3. The monoisotopic (exact) mass is 247 g/mol. The summed E-state index contributed by atoms with van der Waals surface area (Å²) >= 11 is 0. The second-order valence-electron chi connectivity index (χ2n) is 5.09. The van der Waals surface area contributed by atoms with Gasteiger partial charge in [-0.05, 0) is 38.1 Å². The third kappa shape index (κ3) is 3.18. The predicted molar refractivity (Wildman–Crippen MR) is 63.2 cm³/mol. The van der Waals surface area contributed by atoms with Gasteiger partial charge in [-0.1, -0.05) is 0 Å². The first kappa shape index (κ1) is 12.3. The molecule has 16 heavy (non-hydrogen) atoms. The maximum Gasteiger partial charge on any atom is 0.150 e. The smallest absolute Gasteiger partial charge is 0.150 e. The summed E-state index contributed by atoms with van der Waals surface area (Å²) in [5.41, 5.74) is 0. The van der Waals surface area contributed by atoms with Gasteiger partial charge < -0.3 is 10.1 Å². The molecule has 4 nitrogen and oxygen atoms in total. The Morgan fingerprint density at radius 1 is 1.44 bits per heavy atom. The molecular weight excluding hydrogens is 226 g/mol. The summed E-state index contributed by atoms with van der Waals surface area (Å²) in [6, 6.07) is 0.436. The first-order valence-electron chi connectivity index (χ1n) is 6.08. The third-order valence-corrected chi connectivity index (χ3v) is 5.56. The van der Waals surface area contributed by atoms with Crippen molar-refractivity contribution in [1.29, 1.82) is 0 Å². The van der Waals surface area contributed by atoms with E-state index < -0.39 is 9.84 Å². The molecule has 1 N–H and O–H groups in total. The minimum atomic E-state index is -2.73. The molecule has 0 bridgehead atoms. The van der Waals surface area contributed by atoms with Crippen LogP contribution < -0.4 is 5.32 Å². The Morgan fingerprint density at radius 3 is 2.81 bits per heavy atom. The molecule has 2 aliphatic heterocycles. The van der Waals surface area contributed by atoms with Crippen molar-refractivity contribution in [2.24, 2.45) is 11.8 Å². The van der Waals surface area contributed by atoms with Crippen LogP contribution >= 0.6 is 0 Å². The normalized spacial score (nSPS) is 35.3. The van der Waals surface area contributed by atoms with Gasteiger partial charge in [0, 0.05) is 12.6 Å². The number of ether oxygens (including phenoxy) is 1. The molecule has 2 fully saturated rings. The fraction of sp³-hybridized carbons (Fsp3) is 1.00. The van der Waals surface area contributed by atoms with Gasteiger partial charge in [0.2, 0.25) is 0 Å². The highest BCUT2D eigenvalue weighted by Gasteiger charge is 2.29. The van der Waals surface area contributed by atoms with Crippen molar-refractivity contribution in [3.8, 4) is 0 Å². The molecule has 94 valence electrons. The van der Waals surface area contributed by atoms with E-state index in [-0.39, 0.29) is 0 Å². The van der Waals surface area contributed by atoms with Crippen molar-refractivity contribution >= 4 is 9.84 Å². The van der Waals surface area contributed by atoms with Crippen molar-refractivity contribution in [3.63, 3.8) is 0 Å². The molecule has 2 aliphatic rings. The van der Waals surface area contributed by atoms with Crippen LogP contribution in [0, 0.1) is 11.8 Å². The van der Waals surface area contributed by atoms with Gasteiger partial charge in [0.25, 0.3) is 0 Å². The van der Waals surface area contributed by atoms with E-state index >= 15 is 0 Å². The van der Waals surface area contributed by atoms with Crippen molar-refractivity contribution in [1.82, 2.24) is 5.32 Å². The molecular formula is C11H21NO3S. The molecule has 2 rings (SSSR count). The van der Waals surface area contributed by atoms with Gasteiger partial charge in [-0.25, -0.2) is 8.42 Å². The fourth-order valence-corrected chi connectivity index (χ4v) is 4.36. The van der Waals surface area contributed by atoms with Gasteiger partial charge >= 0.3 is 0 Å². The van der Waals surface area contributed by atoms with E-state index in [1.54, 1.807) is 0 Å². The Labute approximate surface area is 97.7 Å². The lowest BCUT2D eigenvalue weighted by Gasteiger charge is -2.21. The quantitative estimate of drug-likeness (QED) is 0.783. The van der Waals surface area contributed by atoms with Crippen LogP contribution in [-0.4, -0.2) is 45.7 Å². The van der Waals surface area contributed by atoms with Gasteiger partial charge in [0.1, 0.15) is 0 Å². The summed E-state index contributed by atoms with van der Waals surface area (Å²) in [4.78, 5) is 0. The van der Waals surface area contributed by atoms with Crippen LogP contribution in [0.15, 0.2) is 0 Å². The zero-order valence-corrected chi connectivity index (χ0v) is 10.6. The number of hydrogen-bond acceptors (Lipinski definition) is 4. The van der Waals surface area contributed by atoms with Crippen LogP contribution in [0.4, 0.5) is 0 Å². The maximum atomic E-state index is 11.3. The summed E-state index contributed by atoms with van der Waals surface area (Å²) in [6.07, 6.45) is 1.94. The highest BCUT2D eigenvalue weighted by molar-refractivity contribution is 7.91. The fourth-order valence-electron chi connectivity index (χ4n) is 2.50. The van der Waals surface area contributed by atoms with Crippen LogP contribution in [0.2, 0.25) is 0 Å². The summed E-state index contributed by atoms with van der Waals surface area (Å²) in [6.45, 7) is 4.71. The summed E-state index contributed by atoms with van der Waals surface area (Å²) in [5, 5.41) is 3.46. The molecule has 0 aromatic rings. The lowest BCUT2D eigenvalue weighted by Crippen LogP contribution is -2.37. The molecule has 0 spiro atoms. The molecule has 2 saturated heterocycles. The standard InChI is InChI=1S/C11H21NO3S/c1-9(11-2-4-15-7-11)12-6-10-3-5-16(13,14)8-10/h9-12H,2-8H2,1H3. The van der Waals surface area contributed by atoms with Gasteiger partial charge in [0.15, 0.2) is 9.84 Å². The van der Waals surface area contributed by atoms with Gasteiger partial charge in [0.05, 0.1) is 18.1 Å². The van der Waals surface area contributed by atoms with Crippen molar-refractivity contribution in [2.75, 3.05) is 31.3 Å². The van der Waals surface area contributed by atoms with E-state index in [4.69, 9.17) is 4.74 Å². The molecule has 5 heteroatoms. The van der Waals surface area contributed by atoms with Crippen molar-refractivity contribution in [3.05, 3.63) is 0 Å². The largest absolute Gasteiger partial charge is 0.381 e. The Balaban J connectivity index is 1.71. The SMILES string of the molecule is CC(NCC1CCS(=O)(=O)C1)C1CCOC1. The molecule has 0 amide bonds. The number of nitrogens with one attached hydrogen (secondary N) is 1. The summed E-state index contributed by atoms with van der Waals surface area (Å²) in [5.74, 6) is 1.65. The van der Waals surface area contributed by atoms with E-state index in [1.165, 1.54) is 0 Å². The average molecular weight is 247 g/mol. The highest BCUT2D eigenvalue weighted by Crippen LogP contribution is 2.20. The van der Waals surface area contributed by atoms with E-state index in [1.807, 2.05) is 0 Å².